The fraction of sp³-hybridized carbons (Fsp3) is 0.182. The van der Waals surface area contributed by atoms with Crippen molar-refractivity contribution < 1.29 is 5.11 Å². The van der Waals surface area contributed by atoms with Gasteiger partial charge in [-0.05, 0) is 18.6 Å². The van der Waals surface area contributed by atoms with Gasteiger partial charge in [0.05, 0.1) is 11.4 Å². The summed E-state index contributed by atoms with van der Waals surface area (Å²) in [6.07, 6.45) is 5.11. The van der Waals surface area contributed by atoms with Gasteiger partial charge in [0.15, 0.2) is 0 Å². The third-order valence-electron chi connectivity index (χ3n) is 2.02. The first-order valence-electron chi connectivity index (χ1n) is 4.37. The van der Waals surface area contributed by atoms with Crippen molar-refractivity contribution in [3.63, 3.8) is 0 Å². The van der Waals surface area contributed by atoms with Gasteiger partial charge in [0, 0.05) is 18.2 Å². The molecule has 0 atom stereocenters. The Labute approximate surface area is 77.3 Å². The normalized spacial score (nSPS) is 19.5. The highest BCUT2D eigenvalue weighted by Gasteiger charge is 2.01. The summed E-state index contributed by atoms with van der Waals surface area (Å²) < 4.78 is 0. The smallest absolute Gasteiger partial charge is 0.0933 e. The van der Waals surface area contributed by atoms with Crippen LogP contribution < -0.4 is 0 Å². The molecular formula is C11H11NO. The molecule has 13 heavy (non-hydrogen) atoms. The molecule has 0 saturated heterocycles. The maximum absolute atomic E-state index is 9.46. The Kier molecular flexibility index (Phi) is 2.13. The molecule has 1 heterocycles. The van der Waals surface area contributed by atoms with Gasteiger partial charge >= 0.3 is 0 Å². The van der Waals surface area contributed by atoms with Gasteiger partial charge in [0.2, 0.25) is 0 Å². The molecule has 1 aliphatic rings. The number of aliphatic imine (C=N–C) groups is 1. The lowest BCUT2D eigenvalue weighted by Crippen LogP contribution is -1.87. The summed E-state index contributed by atoms with van der Waals surface area (Å²) in [5.74, 6) is 0.429. The Hall–Kier alpha value is -1.57. The highest BCUT2D eigenvalue weighted by molar-refractivity contribution is 5.72. The summed E-state index contributed by atoms with van der Waals surface area (Å²) >= 11 is 0. The van der Waals surface area contributed by atoms with Crippen LogP contribution in [0.1, 0.15) is 18.4 Å². The Balaban J connectivity index is 2.51. The number of hydrogen-bond donors (Lipinski definition) is 1. The lowest BCUT2D eigenvalue weighted by atomic mass is 10.1. The number of nitrogens with zero attached hydrogens (tertiary/aromatic N) is 1. The number of aliphatic hydroxyl groups excluding tert-OH is 1. The van der Waals surface area contributed by atoms with Crippen LogP contribution in [0.5, 0.6) is 0 Å². The van der Waals surface area contributed by atoms with Gasteiger partial charge in [-0.2, -0.15) is 0 Å². The zero-order valence-electron chi connectivity index (χ0n) is 7.27. The minimum atomic E-state index is 0.429. The monoisotopic (exact) mass is 173 g/mol. The van der Waals surface area contributed by atoms with Crippen LogP contribution in [0.4, 0.5) is 5.69 Å². The number of allylic oxidation sites excluding steroid dienone is 1. The number of fused-ring (bicyclic) bond motifs is 1. The largest absolute Gasteiger partial charge is 0.512 e. The van der Waals surface area contributed by atoms with E-state index in [1.54, 1.807) is 6.08 Å². The maximum atomic E-state index is 9.46. The van der Waals surface area contributed by atoms with E-state index in [0.29, 0.717) is 12.2 Å². The van der Waals surface area contributed by atoms with Crippen molar-refractivity contribution in [2.75, 3.05) is 0 Å². The summed E-state index contributed by atoms with van der Waals surface area (Å²) in [6, 6.07) is 7.79. The van der Waals surface area contributed by atoms with E-state index in [1.807, 2.05) is 30.5 Å². The Morgan fingerprint density at radius 2 is 2.08 bits per heavy atom. The molecule has 2 nitrogen and oxygen atoms in total. The molecule has 2 heteroatoms. The SMILES string of the molecule is O/C1=C/c2ccccc2N=CCC1. The summed E-state index contributed by atoms with van der Waals surface area (Å²) in [4.78, 5) is 4.30. The highest BCUT2D eigenvalue weighted by Crippen LogP contribution is 2.23. The van der Waals surface area contributed by atoms with Crippen LogP contribution in [-0.4, -0.2) is 11.3 Å². The molecule has 0 saturated carbocycles. The zero-order valence-corrected chi connectivity index (χ0v) is 7.27. The maximum Gasteiger partial charge on any atom is 0.0933 e. The van der Waals surface area contributed by atoms with Gasteiger partial charge < -0.3 is 5.11 Å². The van der Waals surface area contributed by atoms with Crippen molar-refractivity contribution in [3.05, 3.63) is 35.6 Å². The standard InChI is InChI=1S/C11H11NO/c13-10-5-3-7-12-11-6-2-1-4-9(11)8-10/h1-2,4,6-8,13H,3,5H2/b10-8+,12-7?. The van der Waals surface area contributed by atoms with E-state index in [-0.39, 0.29) is 0 Å². The summed E-state index contributed by atoms with van der Waals surface area (Å²) in [5.41, 5.74) is 1.91. The fourth-order valence-corrected chi connectivity index (χ4v) is 1.35. The molecule has 1 aromatic rings. The van der Waals surface area contributed by atoms with Crippen LogP contribution in [0.3, 0.4) is 0 Å². The zero-order chi connectivity index (χ0) is 9.10. The quantitative estimate of drug-likeness (QED) is 0.642. The van der Waals surface area contributed by atoms with Gasteiger partial charge in [-0.15, -0.1) is 0 Å². The minimum Gasteiger partial charge on any atom is -0.512 e. The predicted octanol–water partition coefficient (Wildman–Crippen LogP) is 3.08. The van der Waals surface area contributed by atoms with Crippen LogP contribution in [0, 0.1) is 0 Å². The highest BCUT2D eigenvalue weighted by atomic mass is 16.3. The summed E-state index contributed by atoms with van der Waals surface area (Å²) in [5, 5.41) is 9.46. The molecule has 66 valence electrons. The van der Waals surface area contributed by atoms with E-state index < -0.39 is 0 Å². The van der Waals surface area contributed by atoms with E-state index in [1.165, 1.54) is 0 Å². The van der Waals surface area contributed by atoms with Gasteiger partial charge in [-0.25, -0.2) is 0 Å². The Bertz CT molecular complexity index is 366. The molecule has 1 N–H and O–H groups in total. The second kappa shape index (κ2) is 3.44. The van der Waals surface area contributed by atoms with Crippen molar-refractivity contribution in [1.82, 2.24) is 0 Å². The van der Waals surface area contributed by atoms with Crippen molar-refractivity contribution in [2.45, 2.75) is 12.8 Å². The molecule has 1 aliphatic heterocycles. The Morgan fingerprint density at radius 3 is 3.00 bits per heavy atom. The molecule has 1 aromatic carbocycles. The molecule has 0 bridgehead atoms. The first kappa shape index (κ1) is 8.05. The van der Waals surface area contributed by atoms with Crippen molar-refractivity contribution in [2.24, 2.45) is 4.99 Å². The first-order chi connectivity index (χ1) is 6.36. The first-order valence-corrected chi connectivity index (χ1v) is 4.37. The number of hydrogen-bond acceptors (Lipinski definition) is 2. The van der Waals surface area contributed by atoms with Crippen molar-refractivity contribution in [3.8, 4) is 0 Å². The van der Waals surface area contributed by atoms with E-state index >= 15 is 0 Å². The molecular weight excluding hydrogens is 162 g/mol. The second-order valence-corrected chi connectivity index (χ2v) is 3.04. The van der Waals surface area contributed by atoms with Crippen molar-refractivity contribution >= 4 is 18.0 Å². The number of rotatable bonds is 0. The lowest BCUT2D eigenvalue weighted by Gasteiger charge is -2.04. The van der Waals surface area contributed by atoms with Gasteiger partial charge in [0.25, 0.3) is 0 Å². The molecule has 0 spiro atoms. The molecule has 0 unspecified atom stereocenters. The van der Waals surface area contributed by atoms with Gasteiger partial charge in [-0.3, -0.25) is 4.99 Å². The predicted molar refractivity (Wildman–Crippen MR) is 54.4 cm³/mol. The lowest BCUT2D eigenvalue weighted by molar-refractivity contribution is 0.397. The Morgan fingerprint density at radius 1 is 1.23 bits per heavy atom. The van der Waals surface area contributed by atoms with Crippen LogP contribution in [-0.2, 0) is 0 Å². The molecule has 0 amide bonds. The number of para-hydroxylation sites is 1. The molecule has 0 radical (unpaired) electrons. The van der Waals surface area contributed by atoms with Gasteiger partial charge in [0.1, 0.15) is 0 Å². The summed E-state index contributed by atoms with van der Waals surface area (Å²) in [6.45, 7) is 0. The fourth-order valence-electron chi connectivity index (χ4n) is 1.35. The van der Waals surface area contributed by atoms with Crippen molar-refractivity contribution in [1.29, 1.82) is 0 Å². The van der Waals surface area contributed by atoms with E-state index in [9.17, 15) is 5.11 Å². The molecule has 0 fully saturated rings. The van der Waals surface area contributed by atoms with Crippen LogP contribution in [0.25, 0.3) is 6.08 Å². The molecule has 0 aromatic heterocycles. The van der Waals surface area contributed by atoms with Gasteiger partial charge in [-0.1, -0.05) is 18.2 Å². The topological polar surface area (TPSA) is 32.6 Å². The second-order valence-electron chi connectivity index (χ2n) is 3.04. The van der Waals surface area contributed by atoms with Crippen LogP contribution in [0.15, 0.2) is 35.0 Å². The van der Waals surface area contributed by atoms with E-state index in [0.717, 1.165) is 17.7 Å². The van der Waals surface area contributed by atoms with E-state index in [2.05, 4.69) is 4.99 Å². The van der Waals surface area contributed by atoms with E-state index in [4.69, 9.17) is 0 Å². The van der Waals surface area contributed by atoms with Crippen LogP contribution >= 0.6 is 0 Å². The third-order valence-corrected chi connectivity index (χ3v) is 2.02. The van der Waals surface area contributed by atoms with Crippen LogP contribution in [0.2, 0.25) is 0 Å². The summed E-state index contributed by atoms with van der Waals surface area (Å²) in [7, 11) is 0. The number of benzene rings is 1. The molecule has 0 aliphatic carbocycles. The minimum absolute atomic E-state index is 0.429. The average Bonchev–Trinajstić information content (AvgIpc) is 2.11. The molecule has 2 rings (SSSR count). The average molecular weight is 173 g/mol. The third kappa shape index (κ3) is 1.78. The number of aliphatic hydroxyl groups is 1.